The van der Waals surface area contributed by atoms with Crippen molar-refractivity contribution in [3.63, 3.8) is 0 Å². The fourth-order valence-electron chi connectivity index (χ4n) is 5.05. The Balaban J connectivity index is 0.000000303. The molecule has 2 aliphatic rings. The summed E-state index contributed by atoms with van der Waals surface area (Å²) >= 11 is 0. The van der Waals surface area contributed by atoms with E-state index in [0.717, 1.165) is 16.9 Å². The molecule has 46 heavy (non-hydrogen) atoms. The van der Waals surface area contributed by atoms with Crippen LogP contribution in [0, 0.1) is 19.7 Å². The molecule has 238 valence electrons. The van der Waals surface area contributed by atoms with E-state index in [1.165, 1.54) is 0 Å². The van der Waals surface area contributed by atoms with Gasteiger partial charge in [-0.3, -0.25) is 4.90 Å². The van der Waals surface area contributed by atoms with Gasteiger partial charge >= 0.3 is 28.7 Å². The molecule has 0 aliphatic carbocycles. The van der Waals surface area contributed by atoms with Gasteiger partial charge in [-0.1, -0.05) is 36.9 Å². The van der Waals surface area contributed by atoms with E-state index in [-0.39, 0.29) is 59.1 Å². The fraction of sp³-hybridized carbons (Fsp3) is 0.258. The number of carbonyl (C=O) groups is 1. The summed E-state index contributed by atoms with van der Waals surface area (Å²) < 4.78 is 37.2. The Labute approximate surface area is 282 Å². The molecule has 15 heteroatoms. The molecule has 3 aromatic heterocycles. The van der Waals surface area contributed by atoms with E-state index >= 15 is 0 Å². The van der Waals surface area contributed by atoms with Crippen molar-refractivity contribution in [3.8, 4) is 0 Å². The molecule has 6 rings (SSSR count). The van der Waals surface area contributed by atoms with Crippen molar-refractivity contribution < 1.29 is 49.4 Å². The van der Waals surface area contributed by atoms with Crippen molar-refractivity contribution in [2.45, 2.75) is 38.1 Å². The average Bonchev–Trinajstić information content (AvgIpc) is 3.91. The molecule has 2 bridgehead atoms. The normalized spacial score (nSPS) is 17.7. The summed E-state index contributed by atoms with van der Waals surface area (Å²) in [7, 11) is 1.42. The summed E-state index contributed by atoms with van der Waals surface area (Å²) in [4.78, 5) is 14.5. The fourth-order valence-corrected chi connectivity index (χ4v) is 5.05. The van der Waals surface area contributed by atoms with Gasteiger partial charge in [-0.15, -0.1) is 0 Å². The van der Waals surface area contributed by atoms with Gasteiger partial charge in [0.15, 0.2) is 0 Å². The second kappa shape index (κ2) is 19.9. The SMILES string of the molecule is C=C1C[C@H]2C(OC)=C[CH][C@@H]([C@H]1OCC)N2C(=O)OCc1ccccc1.[C-]#[O+].[C-]#[O+].[Mo].c1cnn([B-](n2cccn2)n2cccn2)c1. The van der Waals surface area contributed by atoms with Gasteiger partial charge < -0.3 is 28.0 Å². The molecule has 1 fully saturated rings. The molecule has 4 aromatic rings. The molecular formula is C31H33BMoN7O6-. The van der Waals surface area contributed by atoms with Crippen molar-refractivity contribution in [1.82, 2.24) is 34.0 Å². The molecule has 1 saturated heterocycles. The van der Waals surface area contributed by atoms with Crippen molar-refractivity contribution in [1.29, 1.82) is 0 Å². The number of aromatic nitrogens is 6. The van der Waals surface area contributed by atoms with Crippen LogP contribution in [0.1, 0.15) is 18.9 Å². The van der Waals surface area contributed by atoms with Gasteiger partial charge in [0.25, 0.3) is 7.12 Å². The summed E-state index contributed by atoms with van der Waals surface area (Å²) in [6.45, 7) is 15.9. The zero-order valence-electron chi connectivity index (χ0n) is 25.4. The number of hydrogen-bond acceptors (Lipinski definition) is 7. The van der Waals surface area contributed by atoms with E-state index in [4.69, 9.17) is 23.5 Å². The van der Waals surface area contributed by atoms with Crippen molar-refractivity contribution in [2.24, 2.45) is 0 Å². The van der Waals surface area contributed by atoms with Crippen molar-refractivity contribution in [3.05, 3.63) is 135 Å². The quantitative estimate of drug-likeness (QED) is 0.118. The van der Waals surface area contributed by atoms with Crippen LogP contribution < -0.4 is 0 Å². The third-order valence-electron chi connectivity index (χ3n) is 6.89. The summed E-state index contributed by atoms with van der Waals surface area (Å²) in [6, 6.07) is 14.8. The third-order valence-corrected chi connectivity index (χ3v) is 6.89. The summed E-state index contributed by atoms with van der Waals surface area (Å²) in [5, 5.41) is 12.7. The number of piperidine rings is 1. The number of hydrogen-bond donors (Lipinski definition) is 0. The molecule has 0 N–H and O–H groups in total. The average molecular weight is 706 g/mol. The molecule has 1 amide bonds. The van der Waals surface area contributed by atoms with Gasteiger partial charge in [-0.2, -0.15) is 0 Å². The van der Waals surface area contributed by atoms with Crippen LogP contribution in [0.4, 0.5) is 4.79 Å². The molecule has 5 heterocycles. The first-order valence-electron chi connectivity index (χ1n) is 13.9. The molecule has 13 nitrogen and oxygen atoms in total. The summed E-state index contributed by atoms with van der Waals surface area (Å²) in [6.07, 6.45) is 14.7. The molecule has 1 aromatic carbocycles. The first kappa shape index (κ1) is 37.8. The topological polar surface area (TPSA) is 141 Å². The number of benzene rings is 1. The number of methoxy groups -OCH3 is 1. The first-order valence-corrected chi connectivity index (χ1v) is 13.9. The Morgan fingerprint density at radius 3 is 1.96 bits per heavy atom. The van der Waals surface area contributed by atoms with E-state index in [2.05, 4.69) is 35.2 Å². The van der Waals surface area contributed by atoms with Crippen LogP contribution in [0.3, 0.4) is 0 Å². The maximum absolute atomic E-state index is 12.8. The Morgan fingerprint density at radius 1 is 0.957 bits per heavy atom. The van der Waals surface area contributed by atoms with Gasteiger partial charge in [0.1, 0.15) is 12.4 Å². The molecule has 0 saturated carbocycles. The van der Waals surface area contributed by atoms with Gasteiger partial charge in [-0.25, -0.2) is 20.1 Å². The van der Waals surface area contributed by atoms with E-state index in [1.807, 2.05) is 86.5 Å². The zero-order chi connectivity index (χ0) is 32.6. The summed E-state index contributed by atoms with van der Waals surface area (Å²) in [5.74, 6) is 0.740. The Morgan fingerprint density at radius 2 is 1.50 bits per heavy atom. The maximum Gasteiger partial charge on any atom is 0.260 e. The van der Waals surface area contributed by atoms with Crippen LogP contribution in [0.25, 0.3) is 0 Å². The predicted molar refractivity (Wildman–Crippen MR) is 161 cm³/mol. The molecule has 2 aliphatic heterocycles. The van der Waals surface area contributed by atoms with E-state index in [1.54, 1.807) is 44.4 Å². The second-order valence-electron chi connectivity index (χ2n) is 9.46. The number of ether oxygens (including phenoxy) is 3. The number of carbonyl (C=O) groups excluding carboxylic acids is 1. The van der Waals surface area contributed by atoms with Crippen LogP contribution in [0.15, 0.2) is 110 Å². The molecule has 3 atom stereocenters. The van der Waals surface area contributed by atoms with Gasteiger partial charge in [0, 0.05) is 52.7 Å². The minimum absolute atomic E-state index is 0. The minimum atomic E-state index is -0.366. The van der Waals surface area contributed by atoms with Crippen LogP contribution >= 0.6 is 0 Å². The molecular weight excluding hydrogens is 673 g/mol. The smallest absolute Gasteiger partial charge is 0.260 e. The summed E-state index contributed by atoms with van der Waals surface area (Å²) in [5.41, 5.74) is 1.93. The Kier molecular flexibility index (Phi) is 16.3. The van der Waals surface area contributed by atoms with E-state index in [9.17, 15) is 4.79 Å². The van der Waals surface area contributed by atoms with Gasteiger partial charge in [-0.05, 0) is 67.3 Å². The first-order chi connectivity index (χ1) is 22.1. The third kappa shape index (κ3) is 9.31. The van der Waals surface area contributed by atoms with Gasteiger partial charge in [0.05, 0.1) is 25.3 Å². The predicted octanol–water partition coefficient (Wildman–Crippen LogP) is 3.60. The number of rotatable bonds is 8. The molecule has 2 radical (unpaired) electrons. The zero-order valence-corrected chi connectivity index (χ0v) is 27.4. The molecule has 0 unspecified atom stereocenters. The largest absolute Gasteiger partial charge is 0.425 e. The number of fused-ring (bicyclic) bond motifs is 2. The Hall–Kier alpha value is -4.41. The molecule has 0 spiro atoms. The van der Waals surface area contributed by atoms with Crippen molar-refractivity contribution in [2.75, 3.05) is 13.7 Å². The van der Waals surface area contributed by atoms with Crippen LogP contribution in [0.5, 0.6) is 0 Å². The van der Waals surface area contributed by atoms with Crippen LogP contribution in [-0.4, -0.2) is 79.1 Å². The number of amides is 1. The minimum Gasteiger partial charge on any atom is -0.425 e. The van der Waals surface area contributed by atoms with E-state index < -0.39 is 0 Å². The van der Waals surface area contributed by atoms with Gasteiger partial charge in [0.2, 0.25) is 0 Å². The Bertz CT molecular complexity index is 1430. The van der Waals surface area contributed by atoms with Crippen LogP contribution in [-0.2, 0) is 51.2 Å². The van der Waals surface area contributed by atoms with Crippen molar-refractivity contribution >= 4 is 13.2 Å². The van der Waals surface area contributed by atoms with Crippen LogP contribution in [0.2, 0.25) is 0 Å². The second-order valence-corrected chi connectivity index (χ2v) is 9.46. The monoisotopic (exact) mass is 708 g/mol. The maximum atomic E-state index is 12.8. The number of nitrogens with zero attached hydrogens (tertiary/aromatic N) is 7. The standard InChI is InChI=1S/C20H24NO4.C9H9BN6.2CO.Mo/c1-4-24-19-14(2)12-17-18(23-3)11-10-16(19)21(17)20(22)25-13-15-8-6-5-7-9-15;1-4-11-14(7-1)10(15-8-2-5-12-15)16-9-3-6-13-16;2*1-2;/h5-11,16-17,19H,2,4,12-13H2,1,3H3;1-9H;;;/q;-1;;;/t16-,17-,19-;;;;/m0..../s1. The van der Waals surface area contributed by atoms with E-state index in [0.29, 0.717) is 13.0 Å².